The molecule has 2 N–H and O–H groups in total. The third kappa shape index (κ3) is 2.70. The monoisotopic (exact) mass is 180 g/mol. The summed E-state index contributed by atoms with van der Waals surface area (Å²) in [5.74, 6) is 0.154. The van der Waals surface area contributed by atoms with Gasteiger partial charge in [-0.15, -0.1) is 0 Å². The maximum absolute atomic E-state index is 11.5. The Bertz CT molecular complexity index is 278. The van der Waals surface area contributed by atoms with E-state index >= 15 is 0 Å². The zero-order chi connectivity index (χ0) is 9.68. The van der Waals surface area contributed by atoms with Gasteiger partial charge < -0.3 is 5.73 Å². The maximum atomic E-state index is 11.5. The average molecular weight is 180 g/mol. The second-order valence-corrected chi connectivity index (χ2v) is 3.13. The number of rotatable bonds is 4. The number of nitrogens with two attached hydrogens (primary N) is 1. The predicted molar refractivity (Wildman–Crippen MR) is 52.5 cm³/mol. The molecule has 1 aromatic rings. The van der Waals surface area contributed by atoms with Gasteiger partial charge in [-0.05, 0) is 18.1 Å². The van der Waals surface area contributed by atoms with Crippen LogP contribution in [0.4, 0.5) is 0 Å². The highest BCUT2D eigenvalue weighted by atomic mass is 16.1. The van der Waals surface area contributed by atoms with E-state index in [0.29, 0.717) is 13.0 Å². The lowest BCUT2D eigenvalue weighted by Crippen LogP contribution is -2.07. The van der Waals surface area contributed by atoms with Crippen molar-refractivity contribution in [2.45, 2.75) is 32.7 Å². The molecule has 0 spiro atoms. The summed E-state index contributed by atoms with van der Waals surface area (Å²) in [5.41, 5.74) is 6.44. The Labute approximate surface area is 78.5 Å². The van der Waals surface area contributed by atoms with Crippen LogP contribution < -0.4 is 5.73 Å². The third-order valence-corrected chi connectivity index (χ3v) is 2.02. The van der Waals surface area contributed by atoms with Crippen LogP contribution in [0.5, 0.6) is 0 Å². The molecule has 13 heavy (non-hydrogen) atoms. The quantitative estimate of drug-likeness (QED) is 0.767. The van der Waals surface area contributed by atoms with Crippen LogP contribution in [0.15, 0.2) is 18.5 Å². The first-order valence-electron chi connectivity index (χ1n) is 4.68. The minimum atomic E-state index is 0.154. The molecule has 0 fully saturated rings. The van der Waals surface area contributed by atoms with Crippen LogP contribution in [0.1, 0.15) is 36.5 Å². The maximum Gasteiger partial charge on any atom is 0.230 e. The lowest BCUT2D eigenvalue weighted by atomic mass is 10.2. The molecule has 0 saturated carbocycles. The van der Waals surface area contributed by atoms with Gasteiger partial charge in [-0.1, -0.05) is 13.3 Å². The van der Waals surface area contributed by atoms with E-state index < -0.39 is 0 Å². The van der Waals surface area contributed by atoms with Crippen LogP contribution in [0, 0.1) is 0 Å². The van der Waals surface area contributed by atoms with E-state index in [1.807, 2.05) is 6.07 Å². The summed E-state index contributed by atoms with van der Waals surface area (Å²) >= 11 is 0. The Kier molecular flexibility index (Phi) is 3.71. The lowest BCUT2D eigenvalue weighted by Gasteiger charge is -1.99. The van der Waals surface area contributed by atoms with Gasteiger partial charge >= 0.3 is 0 Å². The lowest BCUT2D eigenvalue weighted by molar-refractivity contribution is 0.0900. The normalized spacial score (nSPS) is 10.3. The molecule has 72 valence electrons. The Hall–Kier alpha value is -1.09. The second-order valence-electron chi connectivity index (χ2n) is 3.13. The van der Waals surface area contributed by atoms with Crippen molar-refractivity contribution in [3.8, 4) is 0 Å². The first-order valence-corrected chi connectivity index (χ1v) is 4.68. The highest BCUT2D eigenvalue weighted by Crippen LogP contribution is 2.03. The van der Waals surface area contributed by atoms with Crippen molar-refractivity contribution in [2.24, 2.45) is 5.73 Å². The van der Waals surface area contributed by atoms with Crippen LogP contribution >= 0.6 is 0 Å². The van der Waals surface area contributed by atoms with Crippen LogP contribution in [-0.4, -0.2) is 10.5 Å². The number of hydrogen-bond acceptors (Lipinski definition) is 2. The summed E-state index contributed by atoms with van der Waals surface area (Å²) in [6, 6.07) is 1.88. The molecular formula is C10H16N2O. The summed E-state index contributed by atoms with van der Waals surface area (Å²) in [6.45, 7) is 2.57. The standard InChI is InChI=1S/C10H16N2O/c1-2-3-4-10(13)12-6-5-9(7-11)8-12/h5-6,8H,2-4,7,11H2,1H3. The highest BCUT2D eigenvalue weighted by molar-refractivity contribution is 5.78. The van der Waals surface area contributed by atoms with Gasteiger partial charge in [0.1, 0.15) is 0 Å². The molecule has 0 aliphatic heterocycles. The van der Waals surface area contributed by atoms with Crippen LogP contribution in [-0.2, 0) is 6.54 Å². The molecule has 1 rings (SSSR count). The summed E-state index contributed by atoms with van der Waals surface area (Å²) < 4.78 is 1.62. The second kappa shape index (κ2) is 4.82. The molecule has 3 heteroatoms. The van der Waals surface area contributed by atoms with Gasteiger partial charge in [0, 0.05) is 25.4 Å². The fourth-order valence-electron chi connectivity index (χ4n) is 1.17. The molecule has 0 unspecified atom stereocenters. The molecule has 0 aromatic carbocycles. The topological polar surface area (TPSA) is 48.0 Å². The van der Waals surface area contributed by atoms with Gasteiger partial charge in [0.15, 0.2) is 0 Å². The largest absolute Gasteiger partial charge is 0.326 e. The number of aromatic nitrogens is 1. The van der Waals surface area contributed by atoms with E-state index in [-0.39, 0.29) is 5.91 Å². The summed E-state index contributed by atoms with van der Waals surface area (Å²) in [5, 5.41) is 0. The smallest absolute Gasteiger partial charge is 0.230 e. The summed E-state index contributed by atoms with van der Waals surface area (Å²) in [4.78, 5) is 11.5. The van der Waals surface area contributed by atoms with Crippen molar-refractivity contribution in [3.05, 3.63) is 24.0 Å². The van der Waals surface area contributed by atoms with E-state index in [1.54, 1.807) is 17.0 Å². The van der Waals surface area contributed by atoms with E-state index in [9.17, 15) is 4.79 Å². The van der Waals surface area contributed by atoms with Crippen LogP contribution in [0.2, 0.25) is 0 Å². The first-order chi connectivity index (χ1) is 6.27. The van der Waals surface area contributed by atoms with Gasteiger partial charge in [-0.25, -0.2) is 0 Å². The van der Waals surface area contributed by atoms with Gasteiger partial charge in [-0.2, -0.15) is 0 Å². The fourth-order valence-corrected chi connectivity index (χ4v) is 1.17. The van der Waals surface area contributed by atoms with Gasteiger partial charge in [0.05, 0.1) is 0 Å². The Morgan fingerprint density at radius 2 is 2.38 bits per heavy atom. The Morgan fingerprint density at radius 1 is 1.62 bits per heavy atom. The van der Waals surface area contributed by atoms with Crippen molar-refractivity contribution in [3.63, 3.8) is 0 Å². The molecule has 1 aromatic heterocycles. The molecule has 0 amide bonds. The Balaban J connectivity index is 2.55. The van der Waals surface area contributed by atoms with Gasteiger partial charge in [0.25, 0.3) is 0 Å². The number of carbonyl (C=O) groups excluding carboxylic acids is 1. The molecule has 0 atom stereocenters. The van der Waals surface area contributed by atoms with E-state index in [4.69, 9.17) is 5.73 Å². The van der Waals surface area contributed by atoms with Gasteiger partial charge in [0.2, 0.25) is 5.91 Å². The van der Waals surface area contributed by atoms with E-state index in [0.717, 1.165) is 18.4 Å². The molecule has 0 saturated heterocycles. The van der Waals surface area contributed by atoms with Crippen molar-refractivity contribution < 1.29 is 4.79 Å². The van der Waals surface area contributed by atoms with Gasteiger partial charge in [-0.3, -0.25) is 9.36 Å². The molecule has 3 nitrogen and oxygen atoms in total. The number of unbranched alkanes of at least 4 members (excludes halogenated alkanes) is 1. The summed E-state index contributed by atoms with van der Waals surface area (Å²) in [6.07, 6.45) is 6.21. The zero-order valence-corrected chi connectivity index (χ0v) is 7.99. The fraction of sp³-hybridized carbons (Fsp3) is 0.500. The molecule has 1 heterocycles. The van der Waals surface area contributed by atoms with Crippen molar-refractivity contribution in [1.82, 2.24) is 4.57 Å². The molecule has 0 aliphatic carbocycles. The van der Waals surface area contributed by atoms with Crippen molar-refractivity contribution >= 4 is 5.91 Å². The minimum Gasteiger partial charge on any atom is -0.326 e. The van der Waals surface area contributed by atoms with E-state index in [1.165, 1.54) is 0 Å². The predicted octanol–water partition coefficient (Wildman–Crippen LogP) is 1.78. The molecule has 0 bridgehead atoms. The first kappa shape index (κ1) is 9.99. The Morgan fingerprint density at radius 3 is 2.92 bits per heavy atom. The molecule has 0 aliphatic rings. The number of nitrogens with zero attached hydrogens (tertiary/aromatic N) is 1. The molecule has 0 radical (unpaired) electrons. The summed E-state index contributed by atoms with van der Waals surface area (Å²) in [7, 11) is 0. The van der Waals surface area contributed by atoms with Crippen molar-refractivity contribution in [1.29, 1.82) is 0 Å². The highest BCUT2D eigenvalue weighted by Gasteiger charge is 2.03. The van der Waals surface area contributed by atoms with Crippen LogP contribution in [0.25, 0.3) is 0 Å². The third-order valence-electron chi connectivity index (χ3n) is 2.02. The van der Waals surface area contributed by atoms with Crippen molar-refractivity contribution in [2.75, 3.05) is 0 Å². The van der Waals surface area contributed by atoms with Crippen LogP contribution in [0.3, 0.4) is 0 Å². The number of carbonyl (C=O) groups is 1. The zero-order valence-electron chi connectivity index (χ0n) is 7.99. The minimum absolute atomic E-state index is 0.154. The van der Waals surface area contributed by atoms with E-state index in [2.05, 4.69) is 6.92 Å². The number of hydrogen-bond donors (Lipinski definition) is 1. The average Bonchev–Trinajstić information content (AvgIpc) is 2.62. The SMILES string of the molecule is CCCCC(=O)n1ccc(CN)c1. The molecular weight excluding hydrogens is 164 g/mol.